The standard InChI is InChI=1S/C17H17N3O2S/c1-19(13-7-8-16(22-2)18-11-13)17(21)15-6-3-9-20(15)12-14-5-4-10-23-14/h3-11H,12H2,1-2H3. The van der Waals surface area contributed by atoms with Crippen LogP contribution in [0.15, 0.2) is 54.2 Å². The van der Waals surface area contributed by atoms with Crippen molar-refractivity contribution >= 4 is 22.9 Å². The molecule has 0 spiro atoms. The topological polar surface area (TPSA) is 47.4 Å². The molecule has 3 aromatic rings. The van der Waals surface area contributed by atoms with Crippen molar-refractivity contribution in [2.24, 2.45) is 0 Å². The highest BCUT2D eigenvalue weighted by Crippen LogP contribution is 2.19. The Morgan fingerprint density at radius 3 is 2.83 bits per heavy atom. The van der Waals surface area contributed by atoms with Crippen LogP contribution in [0, 0.1) is 0 Å². The molecule has 0 saturated heterocycles. The third-order valence-corrected chi connectivity index (χ3v) is 4.44. The molecule has 0 aliphatic carbocycles. The maximum absolute atomic E-state index is 12.8. The summed E-state index contributed by atoms with van der Waals surface area (Å²) in [6, 6.07) is 11.4. The van der Waals surface area contributed by atoms with Gasteiger partial charge in [-0.3, -0.25) is 4.79 Å². The quantitative estimate of drug-likeness (QED) is 0.722. The van der Waals surface area contributed by atoms with Crippen LogP contribution >= 0.6 is 11.3 Å². The Hall–Kier alpha value is -2.60. The molecule has 0 radical (unpaired) electrons. The molecule has 3 heterocycles. The Kier molecular flexibility index (Phi) is 4.43. The smallest absolute Gasteiger partial charge is 0.274 e. The maximum atomic E-state index is 12.8. The van der Waals surface area contributed by atoms with Crippen molar-refractivity contribution in [3.63, 3.8) is 0 Å². The molecule has 3 rings (SSSR count). The predicted octanol–water partition coefficient (Wildman–Crippen LogP) is 3.28. The summed E-state index contributed by atoms with van der Waals surface area (Å²) in [5.41, 5.74) is 1.37. The molecule has 0 unspecified atom stereocenters. The minimum Gasteiger partial charge on any atom is -0.481 e. The van der Waals surface area contributed by atoms with E-state index in [9.17, 15) is 4.79 Å². The van der Waals surface area contributed by atoms with Crippen molar-refractivity contribution in [3.8, 4) is 5.88 Å². The second kappa shape index (κ2) is 6.66. The molecule has 23 heavy (non-hydrogen) atoms. The summed E-state index contributed by atoms with van der Waals surface area (Å²) in [6.07, 6.45) is 3.55. The zero-order chi connectivity index (χ0) is 16.2. The number of amides is 1. The Bertz CT molecular complexity index is 779. The molecule has 0 fully saturated rings. The molecule has 0 aliphatic rings. The van der Waals surface area contributed by atoms with Gasteiger partial charge in [0.2, 0.25) is 5.88 Å². The van der Waals surface area contributed by atoms with Crippen LogP contribution in [0.5, 0.6) is 5.88 Å². The second-order valence-electron chi connectivity index (χ2n) is 5.02. The van der Waals surface area contributed by atoms with Gasteiger partial charge in [0.25, 0.3) is 5.91 Å². The van der Waals surface area contributed by atoms with Gasteiger partial charge in [0.05, 0.1) is 25.5 Å². The first-order valence-electron chi connectivity index (χ1n) is 7.14. The van der Waals surface area contributed by atoms with Gasteiger partial charge in [-0.05, 0) is 29.6 Å². The predicted molar refractivity (Wildman–Crippen MR) is 91.4 cm³/mol. The molecule has 118 valence electrons. The molecular weight excluding hydrogens is 310 g/mol. The molecule has 0 bridgehead atoms. The van der Waals surface area contributed by atoms with Gasteiger partial charge in [-0.1, -0.05) is 6.07 Å². The summed E-state index contributed by atoms with van der Waals surface area (Å²) in [5, 5.41) is 2.04. The van der Waals surface area contributed by atoms with E-state index in [-0.39, 0.29) is 5.91 Å². The highest BCUT2D eigenvalue weighted by atomic mass is 32.1. The van der Waals surface area contributed by atoms with Gasteiger partial charge in [-0.2, -0.15) is 0 Å². The van der Waals surface area contributed by atoms with E-state index in [0.717, 1.165) is 5.69 Å². The Morgan fingerprint density at radius 2 is 2.17 bits per heavy atom. The number of nitrogens with zero attached hydrogens (tertiary/aromatic N) is 3. The number of hydrogen-bond acceptors (Lipinski definition) is 4. The minimum absolute atomic E-state index is 0.0708. The number of aromatic nitrogens is 2. The van der Waals surface area contributed by atoms with Gasteiger partial charge < -0.3 is 14.2 Å². The zero-order valence-electron chi connectivity index (χ0n) is 13.0. The van der Waals surface area contributed by atoms with Gasteiger partial charge in [-0.15, -0.1) is 11.3 Å². The van der Waals surface area contributed by atoms with E-state index < -0.39 is 0 Å². The number of thiophene rings is 1. The molecule has 0 atom stereocenters. The molecule has 3 aromatic heterocycles. The Labute approximate surface area is 138 Å². The molecule has 0 saturated carbocycles. The summed E-state index contributed by atoms with van der Waals surface area (Å²) in [4.78, 5) is 19.7. The summed E-state index contributed by atoms with van der Waals surface area (Å²) in [5.74, 6) is 0.453. The van der Waals surface area contributed by atoms with Crippen LogP contribution in [0.2, 0.25) is 0 Å². The van der Waals surface area contributed by atoms with E-state index in [1.807, 2.05) is 40.4 Å². The van der Waals surface area contributed by atoms with Gasteiger partial charge in [0, 0.05) is 24.2 Å². The number of anilines is 1. The molecule has 0 N–H and O–H groups in total. The number of ether oxygens (including phenoxy) is 1. The van der Waals surface area contributed by atoms with Crippen LogP contribution in [0.4, 0.5) is 5.69 Å². The van der Waals surface area contributed by atoms with Crippen molar-refractivity contribution in [1.29, 1.82) is 0 Å². The van der Waals surface area contributed by atoms with Gasteiger partial charge in [0.15, 0.2) is 0 Å². The lowest BCUT2D eigenvalue weighted by atomic mass is 10.3. The van der Waals surface area contributed by atoms with Crippen molar-refractivity contribution in [2.75, 3.05) is 19.1 Å². The van der Waals surface area contributed by atoms with Crippen molar-refractivity contribution in [3.05, 3.63) is 64.7 Å². The lowest BCUT2D eigenvalue weighted by molar-refractivity contribution is 0.0984. The first-order valence-corrected chi connectivity index (χ1v) is 8.02. The number of hydrogen-bond donors (Lipinski definition) is 0. The van der Waals surface area contributed by atoms with E-state index in [0.29, 0.717) is 18.1 Å². The van der Waals surface area contributed by atoms with E-state index in [1.165, 1.54) is 4.88 Å². The second-order valence-corrected chi connectivity index (χ2v) is 6.06. The number of methoxy groups -OCH3 is 1. The molecule has 6 heteroatoms. The summed E-state index contributed by atoms with van der Waals surface area (Å²) >= 11 is 1.68. The highest BCUT2D eigenvalue weighted by Gasteiger charge is 2.17. The van der Waals surface area contributed by atoms with Crippen LogP contribution < -0.4 is 9.64 Å². The fourth-order valence-corrected chi connectivity index (χ4v) is 3.00. The molecule has 0 aliphatic heterocycles. The monoisotopic (exact) mass is 327 g/mol. The summed E-state index contributed by atoms with van der Waals surface area (Å²) < 4.78 is 7.00. The molecular formula is C17H17N3O2S. The van der Waals surface area contributed by atoms with Crippen LogP contribution in [0.25, 0.3) is 0 Å². The van der Waals surface area contributed by atoms with E-state index in [1.54, 1.807) is 42.7 Å². The minimum atomic E-state index is -0.0708. The van der Waals surface area contributed by atoms with Gasteiger partial charge >= 0.3 is 0 Å². The lowest BCUT2D eigenvalue weighted by Crippen LogP contribution is -2.28. The SMILES string of the molecule is COc1ccc(N(C)C(=O)c2cccn2Cc2cccs2)cn1. The van der Waals surface area contributed by atoms with Crippen LogP contribution in [-0.4, -0.2) is 29.6 Å². The summed E-state index contributed by atoms with van der Waals surface area (Å²) in [7, 11) is 3.31. The Morgan fingerprint density at radius 1 is 1.30 bits per heavy atom. The maximum Gasteiger partial charge on any atom is 0.274 e. The number of pyridine rings is 1. The average molecular weight is 327 g/mol. The van der Waals surface area contributed by atoms with E-state index in [4.69, 9.17) is 4.74 Å². The van der Waals surface area contributed by atoms with Crippen molar-refractivity contribution < 1.29 is 9.53 Å². The van der Waals surface area contributed by atoms with Crippen LogP contribution in [0.1, 0.15) is 15.4 Å². The van der Waals surface area contributed by atoms with Gasteiger partial charge in [0.1, 0.15) is 5.69 Å². The Balaban J connectivity index is 1.80. The van der Waals surface area contributed by atoms with Crippen LogP contribution in [-0.2, 0) is 6.54 Å². The highest BCUT2D eigenvalue weighted by molar-refractivity contribution is 7.09. The number of carbonyl (C=O) groups excluding carboxylic acids is 1. The third kappa shape index (κ3) is 3.27. The van der Waals surface area contributed by atoms with Crippen molar-refractivity contribution in [1.82, 2.24) is 9.55 Å². The molecule has 0 aromatic carbocycles. The average Bonchev–Trinajstić information content (AvgIpc) is 3.26. The largest absolute Gasteiger partial charge is 0.481 e. The van der Waals surface area contributed by atoms with Gasteiger partial charge in [-0.25, -0.2) is 4.98 Å². The van der Waals surface area contributed by atoms with Crippen molar-refractivity contribution in [2.45, 2.75) is 6.54 Å². The summed E-state index contributed by atoms with van der Waals surface area (Å²) in [6.45, 7) is 0.695. The fourth-order valence-electron chi connectivity index (χ4n) is 2.30. The molecule has 5 nitrogen and oxygen atoms in total. The number of carbonyl (C=O) groups is 1. The normalized spacial score (nSPS) is 10.5. The third-order valence-electron chi connectivity index (χ3n) is 3.58. The fraction of sp³-hybridized carbons (Fsp3) is 0.176. The van der Waals surface area contributed by atoms with E-state index in [2.05, 4.69) is 11.1 Å². The number of rotatable bonds is 5. The van der Waals surface area contributed by atoms with Crippen LogP contribution in [0.3, 0.4) is 0 Å². The first-order chi connectivity index (χ1) is 11.2. The lowest BCUT2D eigenvalue weighted by Gasteiger charge is -2.18. The molecule has 1 amide bonds. The first kappa shape index (κ1) is 15.3. The zero-order valence-corrected chi connectivity index (χ0v) is 13.8. The van der Waals surface area contributed by atoms with E-state index >= 15 is 0 Å².